The van der Waals surface area contributed by atoms with E-state index < -0.39 is 6.10 Å². The van der Waals surface area contributed by atoms with E-state index in [0.717, 1.165) is 0 Å². The fourth-order valence-electron chi connectivity index (χ4n) is 1.85. The first-order valence-electron chi connectivity index (χ1n) is 5.66. The van der Waals surface area contributed by atoms with Crippen molar-refractivity contribution in [2.45, 2.75) is 12.5 Å². The van der Waals surface area contributed by atoms with E-state index in [-0.39, 0.29) is 5.91 Å². The normalized spacial score (nSPS) is 19.7. The zero-order valence-corrected chi connectivity index (χ0v) is 11.2. The minimum Gasteiger partial charge on any atom is -0.391 e. The number of carbonyl (C=O) groups excluding carboxylic acids is 1. The number of benzene rings is 1. The van der Waals surface area contributed by atoms with Gasteiger partial charge >= 0.3 is 0 Å². The quantitative estimate of drug-likeness (QED) is 0.849. The Labute approximate surface area is 116 Å². The van der Waals surface area contributed by atoms with Crippen LogP contribution in [0.5, 0.6) is 0 Å². The molecule has 1 N–H and O–H groups in total. The highest BCUT2D eigenvalue weighted by Gasteiger charge is 2.22. The van der Waals surface area contributed by atoms with Crippen molar-refractivity contribution in [3.63, 3.8) is 0 Å². The predicted octanol–water partition coefficient (Wildman–Crippen LogP) is 2.60. The molecule has 96 valence electrons. The fraction of sp³-hybridized carbons (Fsp3) is 0.308. The largest absolute Gasteiger partial charge is 0.391 e. The zero-order chi connectivity index (χ0) is 13.1. The second kappa shape index (κ2) is 5.74. The molecule has 1 amide bonds. The molecule has 0 radical (unpaired) electrons. The number of hydrogen-bond acceptors (Lipinski definition) is 2. The molecule has 0 unspecified atom stereocenters. The Hall–Kier alpha value is -1.03. The second-order valence-corrected chi connectivity index (χ2v) is 5.07. The van der Waals surface area contributed by atoms with Crippen molar-refractivity contribution >= 4 is 35.2 Å². The number of nitrogens with zero attached hydrogens (tertiary/aromatic N) is 1. The fourth-order valence-corrected chi connectivity index (χ4v) is 2.21. The molecule has 1 aliphatic heterocycles. The molecule has 0 spiro atoms. The van der Waals surface area contributed by atoms with Gasteiger partial charge in [0.25, 0.3) is 0 Å². The lowest BCUT2D eigenvalue weighted by atomic mass is 10.2. The number of aliphatic hydroxyl groups is 1. The maximum Gasteiger partial charge on any atom is 0.246 e. The molecule has 0 aliphatic carbocycles. The average Bonchev–Trinajstić information content (AvgIpc) is 2.77. The van der Waals surface area contributed by atoms with Crippen LogP contribution in [-0.2, 0) is 4.79 Å². The van der Waals surface area contributed by atoms with E-state index in [1.807, 2.05) is 0 Å². The molecule has 1 heterocycles. The summed E-state index contributed by atoms with van der Waals surface area (Å²) in [5.41, 5.74) is 0.706. The number of halogens is 2. The Kier molecular flexibility index (Phi) is 4.27. The lowest BCUT2D eigenvalue weighted by Crippen LogP contribution is -2.27. The first-order chi connectivity index (χ1) is 8.56. The van der Waals surface area contributed by atoms with Gasteiger partial charge in [-0.25, -0.2) is 0 Å². The van der Waals surface area contributed by atoms with Gasteiger partial charge in [-0.3, -0.25) is 4.79 Å². The summed E-state index contributed by atoms with van der Waals surface area (Å²) < 4.78 is 0. The van der Waals surface area contributed by atoms with Crippen LogP contribution >= 0.6 is 23.2 Å². The monoisotopic (exact) mass is 285 g/mol. The molecule has 1 atom stereocenters. The predicted molar refractivity (Wildman–Crippen MR) is 72.7 cm³/mol. The molecule has 5 heteroatoms. The summed E-state index contributed by atoms with van der Waals surface area (Å²) in [6.45, 7) is 0.986. The van der Waals surface area contributed by atoms with Crippen molar-refractivity contribution < 1.29 is 9.90 Å². The average molecular weight is 286 g/mol. The molecule has 1 aliphatic rings. The molecule has 0 aromatic heterocycles. The number of aliphatic hydroxyl groups excluding tert-OH is 1. The van der Waals surface area contributed by atoms with Gasteiger partial charge in [-0.2, -0.15) is 0 Å². The molecular weight excluding hydrogens is 273 g/mol. The molecule has 1 saturated heterocycles. The molecule has 1 fully saturated rings. The van der Waals surface area contributed by atoms with E-state index in [4.69, 9.17) is 23.2 Å². The van der Waals surface area contributed by atoms with Gasteiger partial charge in [0.15, 0.2) is 0 Å². The van der Waals surface area contributed by atoms with Crippen molar-refractivity contribution in [3.05, 3.63) is 39.9 Å². The summed E-state index contributed by atoms with van der Waals surface area (Å²) in [5.74, 6) is -0.123. The van der Waals surface area contributed by atoms with Crippen molar-refractivity contribution in [2.24, 2.45) is 0 Å². The van der Waals surface area contributed by atoms with Crippen molar-refractivity contribution in [3.8, 4) is 0 Å². The van der Waals surface area contributed by atoms with Gasteiger partial charge in [-0.1, -0.05) is 23.2 Å². The van der Waals surface area contributed by atoms with Gasteiger partial charge in [0, 0.05) is 29.2 Å². The molecule has 0 saturated carbocycles. The number of β-amino-alcohol motifs (C(OH)–C–C–N with tert-alkyl or cyclic N) is 1. The van der Waals surface area contributed by atoms with Gasteiger partial charge in [0.2, 0.25) is 5.91 Å². The van der Waals surface area contributed by atoms with Crippen LogP contribution in [0.1, 0.15) is 12.0 Å². The number of rotatable bonds is 2. The summed E-state index contributed by atoms with van der Waals surface area (Å²) >= 11 is 11.8. The first kappa shape index (κ1) is 13.4. The highest BCUT2D eigenvalue weighted by atomic mass is 35.5. The van der Waals surface area contributed by atoms with Gasteiger partial charge in [-0.15, -0.1) is 0 Å². The van der Waals surface area contributed by atoms with Crippen LogP contribution in [0.2, 0.25) is 10.0 Å². The molecule has 1 aromatic carbocycles. The highest BCUT2D eigenvalue weighted by Crippen LogP contribution is 2.22. The number of amides is 1. The summed E-state index contributed by atoms with van der Waals surface area (Å²) in [4.78, 5) is 13.4. The van der Waals surface area contributed by atoms with Gasteiger partial charge in [0.05, 0.1) is 6.10 Å². The third-order valence-corrected chi connectivity index (χ3v) is 3.42. The standard InChI is InChI=1S/C13H13Cl2NO2/c14-10-2-3-12(15)9(7-10)1-4-13(18)16-6-5-11(17)8-16/h1-4,7,11,17H,5-6,8H2/t11-/m0/s1. The van der Waals surface area contributed by atoms with E-state index >= 15 is 0 Å². The van der Waals surface area contributed by atoms with Gasteiger partial charge in [0.1, 0.15) is 0 Å². The highest BCUT2D eigenvalue weighted by molar-refractivity contribution is 6.34. The van der Waals surface area contributed by atoms with Crippen molar-refractivity contribution in [2.75, 3.05) is 13.1 Å². The molecular formula is C13H13Cl2NO2. The first-order valence-corrected chi connectivity index (χ1v) is 6.42. The van der Waals surface area contributed by atoms with Crippen LogP contribution in [-0.4, -0.2) is 35.1 Å². The zero-order valence-electron chi connectivity index (χ0n) is 9.64. The molecule has 2 rings (SSSR count). The second-order valence-electron chi connectivity index (χ2n) is 4.23. The van der Waals surface area contributed by atoms with Crippen LogP contribution in [0, 0.1) is 0 Å². The minimum atomic E-state index is -0.405. The Balaban J connectivity index is 2.06. The molecule has 3 nitrogen and oxygen atoms in total. The number of carbonyl (C=O) groups is 1. The van der Waals surface area contributed by atoms with Crippen LogP contribution < -0.4 is 0 Å². The maximum atomic E-state index is 11.8. The van der Waals surface area contributed by atoms with Gasteiger partial charge < -0.3 is 10.0 Å². The lowest BCUT2D eigenvalue weighted by Gasteiger charge is -2.12. The number of likely N-dealkylation sites (tertiary alicyclic amines) is 1. The Morgan fingerprint density at radius 1 is 1.44 bits per heavy atom. The molecule has 18 heavy (non-hydrogen) atoms. The van der Waals surface area contributed by atoms with E-state index in [2.05, 4.69) is 0 Å². The number of hydrogen-bond donors (Lipinski definition) is 1. The summed E-state index contributed by atoms with van der Waals surface area (Å²) in [5, 5.41) is 10.5. The van der Waals surface area contributed by atoms with E-state index in [9.17, 15) is 9.90 Å². The lowest BCUT2D eigenvalue weighted by molar-refractivity contribution is -0.125. The minimum absolute atomic E-state index is 0.123. The Morgan fingerprint density at radius 3 is 2.89 bits per heavy atom. The Morgan fingerprint density at radius 2 is 2.22 bits per heavy atom. The summed E-state index contributed by atoms with van der Waals surface area (Å²) in [7, 11) is 0. The summed E-state index contributed by atoms with van der Waals surface area (Å²) in [6.07, 6.45) is 3.33. The SMILES string of the molecule is O=C(C=Cc1cc(Cl)ccc1Cl)N1CC[C@H](O)C1. The van der Waals surface area contributed by atoms with Crippen LogP contribution in [0.15, 0.2) is 24.3 Å². The van der Waals surface area contributed by atoms with Crippen molar-refractivity contribution in [1.29, 1.82) is 0 Å². The van der Waals surface area contributed by atoms with Crippen LogP contribution in [0.4, 0.5) is 0 Å². The van der Waals surface area contributed by atoms with Gasteiger partial charge in [-0.05, 0) is 36.3 Å². The van der Waals surface area contributed by atoms with E-state index in [1.54, 1.807) is 29.2 Å². The maximum absolute atomic E-state index is 11.8. The van der Waals surface area contributed by atoms with E-state index in [1.165, 1.54) is 6.08 Å². The topological polar surface area (TPSA) is 40.5 Å². The molecule has 0 bridgehead atoms. The smallest absolute Gasteiger partial charge is 0.246 e. The van der Waals surface area contributed by atoms with Crippen molar-refractivity contribution in [1.82, 2.24) is 4.90 Å². The Bertz CT molecular complexity index is 488. The van der Waals surface area contributed by atoms with Crippen LogP contribution in [0.25, 0.3) is 6.08 Å². The van der Waals surface area contributed by atoms with E-state index in [0.29, 0.717) is 35.1 Å². The summed E-state index contributed by atoms with van der Waals surface area (Å²) in [6, 6.07) is 5.08. The third kappa shape index (κ3) is 3.25. The van der Waals surface area contributed by atoms with Crippen LogP contribution in [0.3, 0.4) is 0 Å². The molecule has 1 aromatic rings. The third-order valence-electron chi connectivity index (χ3n) is 2.84.